The Balaban J connectivity index is 2.02. The second kappa shape index (κ2) is 8.26. The SMILES string of the molecule is CCC(C)NS(=O)(=O)Cc1cccc(NC(=O)N2CCC(C)(C(=O)O)C2)c1. The Morgan fingerprint density at radius 2 is 2.07 bits per heavy atom. The van der Waals surface area contributed by atoms with Crippen LogP contribution >= 0.6 is 0 Å². The molecule has 1 heterocycles. The van der Waals surface area contributed by atoms with E-state index in [1.54, 1.807) is 38.1 Å². The number of benzene rings is 1. The molecule has 150 valence electrons. The van der Waals surface area contributed by atoms with Gasteiger partial charge in [-0.1, -0.05) is 19.1 Å². The quantitative estimate of drug-likeness (QED) is 0.652. The molecule has 9 heteroatoms. The van der Waals surface area contributed by atoms with Gasteiger partial charge in [-0.15, -0.1) is 0 Å². The van der Waals surface area contributed by atoms with Gasteiger partial charge in [0.05, 0.1) is 11.2 Å². The molecule has 2 amide bonds. The van der Waals surface area contributed by atoms with E-state index in [1.165, 1.54) is 4.90 Å². The third-order valence-electron chi connectivity index (χ3n) is 4.80. The Morgan fingerprint density at radius 3 is 2.67 bits per heavy atom. The highest BCUT2D eigenvalue weighted by molar-refractivity contribution is 7.88. The number of aliphatic carboxylic acids is 1. The first-order valence-corrected chi connectivity index (χ1v) is 10.6. The lowest BCUT2D eigenvalue weighted by molar-refractivity contribution is -0.146. The van der Waals surface area contributed by atoms with Crippen LogP contribution in [0.2, 0.25) is 0 Å². The third kappa shape index (κ3) is 5.67. The fraction of sp³-hybridized carbons (Fsp3) is 0.556. The summed E-state index contributed by atoms with van der Waals surface area (Å²) in [4.78, 5) is 25.2. The molecule has 2 rings (SSSR count). The van der Waals surface area contributed by atoms with Crippen LogP contribution in [-0.2, 0) is 20.6 Å². The standard InChI is InChI=1S/C18H27N3O5S/c1-4-13(2)20-27(25,26)11-14-6-5-7-15(10-14)19-17(24)21-9-8-18(3,12-21)16(22)23/h5-7,10,13,20H,4,8-9,11-12H2,1-3H3,(H,19,24)(H,22,23). The number of carbonyl (C=O) groups is 2. The predicted octanol–water partition coefficient (Wildman–Crippen LogP) is 2.23. The van der Waals surface area contributed by atoms with Crippen molar-refractivity contribution in [2.75, 3.05) is 18.4 Å². The molecule has 1 fully saturated rings. The van der Waals surface area contributed by atoms with Crippen LogP contribution < -0.4 is 10.0 Å². The maximum absolute atomic E-state index is 12.4. The molecule has 0 bridgehead atoms. The summed E-state index contributed by atoms with van der Waals surface area (Å²) in [5.41, 5.74) is 0.0927. The molecule has 1 aliphatic rings. The summed E-state index contributed by atoms with van der Waals surface area (Å²) in [5, 5.41) is 12.0. The summed E-state index contributed by atoms with van der Waals surface area (Å²) in [6, 6.07) is 6.11. The number of nitrogens with one attached hydrogen (secondary N) is 2. The molecule has 0 aliphatic carbocycles. The second-order valence-electron chi connectivity index (χ2n) is 7.35. The summed E-state index contributed by atoms with van der Waals surface area (Å²) in [7, 11) is -3.47. The first-order chi connectivity index (χ1) is 12.5. The van der Waals surface area contributed by atoms with E-state index >= 15 is 0 Å². The number of carboxylic acids is 1. The third-order valence-corrected chi connectivity index (χ3v) is 6.28. The Hall–Kier alpha value is -2.13. The van der Waals surface area contributed by atoms with Crippen molar-refractivity contribution in [1.82, 2.24) is 9.62 Å². The molecule has 0 radical (unpaired) electrons. The first-order valence-electron chi connectivity index (χ1n) is 8.93. The van der Waals surface area contributed by atoms with Gasteiger partial charge >= 0.3 is 12.0 Å². The summed E-state index contributed by atoms with van der Waals surface area (Å²) in [6.07, 6.45) is 1.09. The van der Waals surface area contributed by atoms with Gasteiger partial charge in [0.1, 0.15) is 0 Å². The smallest absolute Gasteiger partial charge is 0.321 e. The summed E-state index contributed by atoms with van der Waals surface area (Å²) in [6.45, 7) is 5.83. The lowest BCUT2D eigenvalue weighted by Crippen LogP contribution is -2.37. The number of carbonyl (C=O) groups excluding carboxylic acids is 1. The number of sulfonamides is 1. The van der Waals surface area contributed by atoms with E-state index in [0.29, 0.717) is 30.6 Å². The highest BCUT2D eigenvalue weighted by Crippen LogP contribution is 2.30. The van der Waals surface area contributed by atoms with Crippen LogP contribution in [0.3, 0.4) is 0 Å². The highest BCUT2D eigenvalue weighted by atomic mass is 32.2. The van der Waals surface area contributed by atoms with Gasteiger partial charge in [0, 0.05) is 24.8 Å². The van der Waals surface area contributed by atoms with Crippen molar-refractivity contribution >= 4 is 27.7 Å². The summed E-state index contributed by atoms with van der Waals surface area (Å²) in [5.74, 6) is -1.10. The van der Waals surface area contributed by atoms with Gasteiger partial charge in [0.2, 0.25) is 10.0 Å². The molecule has 0 spiro atoms. The average Bonchev–Trinajstić information content (AvgIpc) is 2.98. The van der Waals surface area contributed by atoms with Crippen molar-refractivity contribution in [2.45, 2.75) is 45.4 Å². The zero-order valence-corrected chi connectivity index (χ0v) is 16.7. The molecule has 1 aromatic rings. The number of hydrogen-bond donors (Lipinski definition) is 3. The van der Waals surface area contributed by atoms with Gasteiger partial charge in [0.15, 0.2) is 0 Å². The maximum atomic E-state index is 12.4. The van der Waals surface area contributed by atoms with Crippen LogP contribution in [0.4, 0.5) is 10.5 Å². The zero-order chi connectivity index (χ0) is 20.2. The van der Waals surface area contributed by atoms with Gasteiger partial charge in [-0.2, -0.15) is 0 Å². The minimum absolute atomic E-state index is 0.140. The van der Waals surface area contributed by atoms with E-state index in [9.17, 15) is 23.1 Å². The number of likely N-dealkylation sites (tertiary alicyclic amines) is 1. The van der Waals surface area contributed by atoms with Crippen LogP contribution in [0.1, 0.15) is 39.2 Å². The van der Waals surface area contributed by atoms with Crippen LogP contribution in [0.25, 0.3) is 0 Å². The largest absolute Gasteiger partial charge is 0.481 e. The Bertz CT molecular complexity index is 811. The number of nitrogens with zero attached hydrogens (tertiary/aromatic N) is 1. The Morgan fingerprint density at radius 1 is 1.37 bits per heavy atom. The van der Waals surface area contributed by atoms with Crippen molar-refractivity contribution in [2.24, 2.45) is 5.41 Å². The molecule has 2 atom stereocenters. The van der Waals surface area contributed by atoms with Crippen molar-refractivity contribution < 1.29 is 23.1 Å². The fourth-order valence-corrected chi connectivity index (χ4v) is 4.38. The van der Waals surface area contributed by atoms with Gasteiger partial charge in [-0.25, -0.2) is 17.9 Å². The molecule has 3 N–H and O–H groups in total. The molecule has 8 nitrogen and oxygen atoms in total. The van der Waals surface area contributed by atoms with Crippen LogP contribution in [0, 0.1) is 5.41 Å². The fourth-order valence-electron chi connectivity index (χ4n) is 2.90. The summed E-state index contributed by atoms with van der Waals surface area (Å²) < 4.78 is 27.0. The minimum Gasteiger partial charge on any atom is -0.481 e. The van der Waals surface area contributed by atoms with Crippen molar-refractivity contribution in [1.29, 1.82) is 0 Å². The molecule has 1 aliphatic heterocycles. The van der Waals surface area contributed by atoms with E-state index in [-0.39, 0.29) is 18.3 Å². The second-order valence-corrected chi connectivity index (χ2v) is 9.11. The van der Waals surface area contributed by atoms with E-state index in [2.05, 4.69) is 10.0 Å². The zero-order valence-electron chi connectivity index (χ0n) is 15.9. The van der Waals surface area contributed by atoms with Crippen molar-refractivity contribution in [3.63, 3.8) is 0 Å². The number of urea groups is 1. The van der Waals surface area contributed by atoms with Gasteiger partial charge in [-0.05, 0) is 44.4 Å². The van der Waals surface area contributed by atoms with Gasteiger partial charge < -0.3 is 15.3 Å². The van der Waals surface area contributed by atoms with E-state index in [1.807, 2.05) is 6.92 Å². The van der Waals surface area contributed by atoms with Crippen molar-refractivity contribution in [3.8, 4) is 0 Å². The van der Waals surface area contributed by atoms with Crippen LogP contribution in [-0.4, -0.2) is 49.6 Å². The van der Waals surface area contributed by atoms with Crippen LogP contribution in [0.15, 0.2) is 24.3 Å². The normalized spacial score (nSPS) is 21.1. The molecule has 2 unspecified atom stereocenters. The predicted molar refractivity (Wildman–Crippen MR) is 103 cm³/mol. The van der Waals surface area contributed by atoms with E-state index in [0.717, 1.165) is 0 Å². The monoisotopic (exact) mass is 397 g/mol. The average molecular weight is 397 g/mol. The van der Waals surface area contributed by atoms with E-state index in [4.69, 9.17) is 0 Å². The van der Waals surface area contributed by atoms with Crippen LogP contribution in [0.5, 0.6) is 0 Å². The Labute approximate surface area is 160 Å². The number of amides is 2. The Kier molecular flexibility index (Phi) is 6.48. The minimum atomic E-state index is -3.47. The van der Waals surface area contributed by atoms with E-state index < -0.39 is 27.4 Å². The lowest BCUT2D eigenvalue weighted by atomic mass is 9.90. The molecule has 0 saturated carbocycles. The number of rotatable bonds is 7. The lowest BCUT2D eigenvalue weighted by Gasteiger charge is -2.20. The number of anilines is 1. The van der Waals surface area contributed by atoms with Gasteiger partial charge in [-0.3, -0.25) is 4.79 Å². The molecule has 1 saturated heterocycles. The molecular weight excluding hydrogens is 370 g/mol. The molecular formula is C18H27N3O5S. The topological polar surface area (TPSA) is 116 Å². The highest BCUT2D eigenvalue weighted by Gasteiger charge is 2.42. The van der Waals surface area contributed by atoms with Crippen molar-refractivity contribution in [3.05, 3.63) is 29.8 Å². The first kappa shape index (κ1) is 21.2. The number of hydrogen-bond acceptors (Lipinski definition) is 4. The summed E-state index contributed by atoms with van der Waals surface area (Å²) >= 11 is 0. The number of carboxylic acid groups (broad SMARTS) is 1. The molecule has 1 aromatic carbocycles. The van der Waals surface area contributed by atoms with Gasteiger partial charge in [0.25, 0.3) is 0 Å². The molecule has 27 heavy (non-hydrogen) atoms. The maximum Gasteiger partial charge on any atom is 0.321 e. The molecule has 0 aromatic heterocycles.